The second-order valence-electron chi connectivity index (χ2n) is 6.59. The molecule has 0 atom stereocenters. The average molecular weight is 430 g/mol. The number of benzene rings is 1. The Morgan fingerprint density at radius 3 is 1.84 bits per heavy atom. The average Bonchev–Trinajstić information content (AvgIpc) is 2.45. The van der Waals surface area contributed by atoms with Gasteiger partial charge in [-0.3, -0.25) is 4.79 Å². The maximum absolute atomic E-state index is 12.9. The zero-order valence-corrected chi connectivity index (χ0v) is 17.7. The molecule has 25 heavy (non-hydrogen) atoms. The first-order chi connectivity index (χ1) is 11.3. The van der Waals surface area contributed by atoms with Gasteiger partial charge in [0.25, 0.3) is 9.70 Å². The molecule has 0 spiro atoms. The molecule has 0 heterocycles. The van der Waals surface area contributed by atoms with Gasteiger partial charge in [-0.15, -0.1) is 0 Å². The maximum atomic E-state index is 12.9. The predicted octanol–water partition coefficient (Wildman–Crippen LogP) is 4.30. The Morgan fingerprint density at radius 2 is 1.48 bits per heavy atom. The molecule has 0 radical (unpaired) electrons. The van der Waals surface area contributed by atoms with E-state index in [1.54, 1.807) is 0 Å². The van der Waals surface area contributed by atoms with Gasteiger partial charge in [0.15, 0.2) is 0 Å². The molecule has 1 rings (SSSR count). The summed E-state index contributed by atoms with van der Waals surface area (Å²) in [6.45, 7) is 8.76. The van der Waals surface area contributed by atoms with Crippen LogP contribution < -0.4 is 5.32 Å². The number of sulfonamides is 1. The number of halogens is 3. The molecular weight excluding hydrogens is 407 g/mol. The minimum atomic E-state index is -3.62. The number of hydrogen-bond donors (Lipinski definition) is 1. The molecule has 0 unspecified atom stereocenters. The van der Waals surface area contributed by atoms with Crippen molar-refractivity contribution in [3.05, 3.63) is 24.3 Å². The lowest BCUT2D eigenvalue weighted by atomic mass is 10.2. The van der Waals surface area contributed by atoms with Crippen LogP contribution in [0.25, 0.3) is 0 Å². The molecule has 1 aromatic carbocycles. The zero-order chi connectivity index (χ0) is 19.4. The zero-order valence-electron chi connectivity index (χ0n) is 14.6. The van der Waals surface area contributed by atoms with Crippen LogP contribution in [-0.2, 0) is 14.8 Å². The number of carbonyl (C=O) groups is 1. The summed E-state index contributed by atoms with van der Waals surface area (Å²) in [6, 6.07) is 5.78. The molecule has 5 nitrogen and oxygen atoms in total. The van der Waals surface area contributed by atoms with Crippen LogP contribution in [0.5, 0.6) is 0 Å². The highest BCUT2D eigenvalue weighted by Crippen LogP contribution is 2.28. The van der Waals surface area contributed by atoms with E-state index in [-0.39, 0.29) is 16.7 Å². The van der Waals surface area contributed by atoms with Crippen LogP contribution in [0.15, 0.2) is 29.2 Å². The fourth-order valence-electron chi connectivity index (χ4n) is 2.15. The third-order valence-electron chi connectivity index (χ3n) is 3.14. The number of nitrogens with zero attached hydrogens (tertiary/aromatic N) is 1. The normalized spacial score (nSPS) is 12.9. The van der Waals surface area contributed by atoms with Gasteiger partial charge in [0.2, 0.25) is 10.0 Å². The van der Waals surface area contributed by atoms with Crippen molar-refractivity contribution in [3.63, 3.8) is 0 Å². The molecule has 0 aromatic heterocycles. The number of alkyl halides is 3. The molecule has 0 bridgehead atoms. The number of carbonyl (C=O) groups excluding carboxylic acids is 1. The first kappa shape index (κ1) is 22.5. The minimum Gasteiger partial charge on any atom is -0.322 e. The lowest BCUT2D eigenvalue weighted by molar-refractivity contribution is -0.115. The van der Waals surface area contributed by atoms with Crippen molar-refractivity contribution in [2.45, 2.75) is 36.4 Å². The van der Waals surface area contributed by atoms with E-state index in [4.69, 9.17) is 34.8 Å². The van der Waals surface area contributed by atoms with Crippen molar-refractivity contribution in [3.8, 4) is 0 Å². The van der Waals surface area contributed by atoms with Gasteiger partial charge in [-0.2, -0.15) is 4.31 Å². The molecule has 9 heteroatoms. The highest BCUT2D eigenvalue weighted by atomic mass is 35.6. The van der Waals surface area contributed by atoms with E-state index < -0.39 is 19.7 Å². The summed E-state index contributed by atoms with van der Waals surface area (Å²) in [5.74, 6) is -0.401. The van der Waals surface area contributed by atoms with Crippen LogP contribution in [-0.4, -0.2) is 35.5 Å². The Morgan fingerprint density at radius 1 is 1.04 bits per heavy atom. The molecule has 1 amide bonds. The van der Waals surface area contributed by atoms with Gasteiger partial charge in [-0.05, 0) is 36.1 Å². The first-order valence-corrected chi connectivity index (χ1v) is 10.4. The number of hydrogen-bond acceptors (Lipinski definition) is 3. The standard InChI is InChI=1S/C16H23Cl3N2O3S/c1-11(2)9-21(10-12(3)4)25(23,24)14-7-5-13(6-8-14)20-15(22)16(17,18)19/h5-8,11-12H,9-10H2,1-4H3,(H,20,22). The van der Waals surface area contributed by atoms with Crippen LogP contribution in [0.2, 0.25) is 0 Å². The van der Waals surface area contributed by atoms with Crippen molar-refractivity contribution < 1.29 is 13.2 Å². The Hall–Kier alpha value is -0.530. The van der Waals surface area contributed by atoms with Gasteiger partial charge in [0.05, 0.1) is 4.90 Å². The first-order valence-electron chi connectivity index (χ1n) is 7.82. The van der Waals surface area contributed by atoms with E-state index in [1.165, 1.54) is 28.6 Å². The highest BCUT2D eigenvalue weighted by Gasteiger charge is 2.31. The lowest BCUT2D eigenvalue weighted by Gasteiger charge is -2.25. The van der Waals surface area contributed by atoms with Crippen LogP contribution in [0, 0.1) is 11.8 Å². The van der Waals surface area contributed by atoms with Crippen molar-refractivity contribution >= 4 is 56.4 Å². The summed E-state index contributed by atoms with van der Waals surface area (Å²) in [5.41, 5.74) is 0.342. The number of rotatable bonds is 7. The molecule has 0 saturated carbocycles. The second-order valence-corrected chi connectivity index (χ2v) is 10.8. The predicted molar refractivity (Wildman–Crippen MR) is 104 cm³/mol. The third-order valence-corrected chi connectivity index (χ3v) is 5.51. The topological polar surface area (TPSA) is 66.5 Å². The van der Waals surface area contributed by atoms with Gasteiger partial charge in [0, 0.05) is 18.8 Å². The summed E-state index contributed by atoms with van der Waals surface area (Å²) in [7, 11) is -3.62. The number of amides is 1. The monoisotopic (exact) mass is 428 g/mol. The van der Waals surface area contributed by atoms with Gasteiger partial charge >= 0.3 is 0 Å². The van der Waals surface area contributed by atoms with Crippen LogP contribution in [0.4, 0.5) is 5.69 Å². The highest BCUT2D eigenvalue weighted by molar-refractivity contribution is 7.89. The van der Waals surface area contributed by atoms with E-state index in [2.05, 4.69) is 5.32 Å². The van der Waals surface area contributed by atoms with Gasteiger partial charge < -0.3 is 5.32 Å². The quantitative estimate of drug-likeness (QED) is 0.657. The van der Waals surface area contributed by atoms with E-state index in [9.17, 15) is 13.2 Å². The van der Waals surface area contributed by atoms with Gasteiger partial charge in [-0.25, -0.2) is 8.42 Å². The van der Waals surface area contributed by atoms with Crippen molar-refractivity contribution in [2.24, 2.45) is 11.8 Å². The molecule has 142 valence electrons. The van der Waals surface area contributed by atoms with Crippen molar-refractivity contribution in [1.29, 1.82) is 0 Å². The summed E-state index contributed by atoms with van der Waals surface area (Å²) in [4.78, 5) is 11.8. The molecule has 1 N–H and O–H groups in total. The Bertz CT molecular complexity index is 674. The van der Waals surface area contributed by atoms with E-state index in [0.717, 1.165) is 0 Å². The molecule has 0 aliphatic carbocycles. The number of anilines is 1. The summed E-state index contributed by atoms with van der Waals surface area (Å²) in [5, 5.41) is 2.41. The van der Waals surface area contributed by atoms with Crippen molar-refractivity contribution in [2.75, 3.05) is 18.4 Å². The van der Waals surface area contributed by atoms with E-state index in [1.807, 2.05) is 27.7 Å². The van der Waals surface area contributed by atoms with Gasteiger partial charge in [-0.1, -0.05) is 62.5 Å². The third kappa shape index (κ3) is 6.94. The summed E-state index contributed by atoms with van der Waals surface area (Å²) in [6.07, 6.45) is 0. The van der Waals surface area contributed by atoms with Crippen LogP contribution >= 0.6 is 34.8 Å². The van der Waals surface area contributed by atoms with Gasteiger partial charge in [0.1, 0.15) is 0 Å². The minimum absolute atomic E-state index is 0.153. The molecule has 0 saturated heterocycles. The fourth-order valence-corrected chi connectivity index (χ4v) is 4.06. The molecule has 1 aromatic rings. The lowest BCUT2D eigenvalue weighted by Crippen LogP contribution is -2.37. The van der Waals surface area contributed by atoms with Crippen molar-refractivity contribution in [1.82, 2.24) is 4.31 Å². The van der Waals surface area contributed by atoms with Crippen LogP contribution in [0.3, 0.4) is 0 Å². The maximum Gasteiger partial charge on any atom is 0.276 e. The second kappa shape index (κ2) is 8.91. The van der Waals surface area contributed by atoms with E-state index in [0.29, 0.717) is 18.8 Å². The molecular formula is C16H23Cl3N2O3S. The summed E-state index contributed by atoms with van der Waals surface area (Å²) >= 11 is 16.5. The molecule has 0 aliphatic rings. The fraction of sp³-hybridized carbons (Fsp3) is 0.562. The molecule has 0 aliphatic heterocycles. The Balaban J connectivity index is 3.03. The smallest absolute Gasteiger partial charge is 0.276 e. The SMILES string of the molecule is CC(C)CN(CC(C)C)S(=O)(=O)c1ccc(NC(=O)C(Cl)(Cl)Cl)cc1. The number of nitrogens with one attached hydrogen (secondary N) is 1. The summed E-state index contributed by atoms with van der Waals surface area (Å²) < 4.78 is 25.1. The molecule has 0 fully saturated rings. The Labute approximate surface area is 164 Å². The Kier molecular flexibility index (Phi) is 8.02. The largest absolute Gasteiger partial charge is 0.322 e. The van der Waals surface area contributed by atoms with Crippen LogP contribution in [0.1, 0.15) is 27.7 Å². The van der Waals surface area contributed by atoms with E-state index >= 15 is 0 Å².